The first kappa shape index (κ1) is 20.5. The molecule has 1 aromatic heterocycles. The molecule has 0 aliphatic carbocycles. The molecule has 0 aliphatic heterocycles. The minimum atomic E-state index is -0.149. The van der Waals surface area contributed by atoms with E-state index in [-0.39, 0.29) is 11.7 Å². The first-order valence-electron chi connectivity index (χ1n) is 9.06. The van der Waals surface area contributed by atoms with Crippen molar-refractivity contribution in [3.05, 3.63) is 88.9 Å². The largest absolute Gasteiger partial charge is 0.325 e. The van der Waals surface area contributed by atoms with Gasteiger partial charge in [0.2, 0.25) is 5.91 Å². The minimum Gasteiger partial charge on any atom is -0.325 e. The smallest absolute Gasteiger partial charge is 0.234 e. The number of nitrogens with one attached hydrogen (secondary N) is 1. The van der Waals surface area contributed by atoms with Crippen molar-refractivity contribution in [3.8, 4) is 17.1 Å². The second kappa shape index (κ2) is 9.34. The highest BCUT2D eigenvalue weighted by molar-refractivity contribution is 7.99. The zero-order valence-corrected chi connectivity index (χ0v) is 18.0. The molecule has 1 N–H and O–H groups in total. The molecule has 0 fully saturated rings. The van der Waals surface area contributed by atoms with Gasteiger partial charge in [-0.05, 0) is 48.5 Å². The molecule has 4 aromatic rings. The summed E-state index contributed by atoms with van der Waals surface area (Å²) < 4.78 is 1.90. The molecule has 0 saturated heterocycles. The third-order valence-electron chi connectivity index (χ3n) is 4.22. The van der Waals surface area contributed by atoms with Crippen LogP contribution in [0.3, 0.4) is 0 Å². The molecule has 0 spiro atoms. The fourth-order valence-electron chi connectivity index (χ4n) is 2.85. The van der Waals surface area contributed by atoms with E-state index in [1.807, 2.05) is 59.2 Å². The van der Waals surface area contributed by atoms with Gasteiger partial charge in [-0.1, -0.05) is 65.3 Å². The molecule has 5 nitrogen and oxygen atoms in total. The van der Waals surface area contributed by atoms with Crippen LogP contribution in [0.2, 0.25) is 10.0 Å². The first-order valence-corrected chi connectivity index (χ1v) is 10.8. The summed E-state index contributed by atoms with van der Waals surface area (Å²) in [6.07, 6.45) is 0. The maximum absolute atomic E-state index is 12.4. The van der Waals surface area contributed by atoms with Crippen LogP contribution in [0.15, 0.2) is 84.0 Å². The van der Waals surface area contributed by atoms with Gasteiger partial charge in [0.1, 0.15) is 0 Å². The van der Waals surface area contributed by atoms with Crippen molar-refractivity contribution in [3.63, 3.8) is 0 Å². The van der Waals surface area contributed by atoms with Crippen molar-refractivity contribution in [1.82, 2.24) is 14.8 Å². The van der Waals surface area contributed by atoms with Crippen LogP contribution < -0.4 is 5.32 Å². The molecule has 3 aromatic carbocycles. The molecule has 0 saturated carbocycles. The predicted octanol–water partition coefficient (Wildman–Crippen LogP) is 5.97. The van der Waals surface area contributed by atoms with E-state index in [0.29, 0.717) is 26.7 Å². The number of anilines is 1. The second-order valence-corrected chi connectivity index (χ2v) is 8.09. The summed E-state index contributed by atoms with van der Waals surface area (Å²) in [7, 11) is 0. The van der Waals surface area contributed by atoms with E-state index in [4.69, 9.17) is 23.2 Å². The predicted molar refractivity (Wildman–Crippen MR) is 123 cm³/mol. The SMILES string of the molecule is O=C(CSc1nnc(-c2ccccc2Cl)n1-c1ccccc1)Nc1ccc(Cl)cc1. The summed E-state index contributed by atoms with van der Waals surface area (Å²) in [5.74, 6) is 0.646. The number of hydrogen-bond acceptors (Lipinski definition) is 4. The quantitative estimate of drug-likeness (QED) is 0.364. The van der Waals surface area contributed by atoms with Crippen LogP contribution in [0.5, 0.6) is 0 Å². The van der Waals surface area contributed by atoms with E-state index in [1.165, 1.54) is 11.8 Å². The molecule has 4 rings (SSSR count). The highest BCUT2D eigenvalue weighted by Gasteiger charge is 2.18. The number of para-hydroxylation sites is 1. The monoisotopic (exact) mass is 454 g/mol. The highest BCUT2D eigenvalue weighted by Crippen LogP contribution is 2.31. The van der Waals surface area contributed by atoms with Crippen LogP contribution in [0.25, 0.3) is 17.1 Å². The number of carbonyl (C=O) groups excluding carboxylic acids is 1. The van der Waals surface area contributed by atoms with Gasteiger partial charge in [0.25, 0.3) is 0 Å². The zero-order chi connectivity index (χ0) is 20.9. The van der Waals surface area contributed by atoms with Crippen LogP contribution in [-0.4, -0.2) is 26.4 Å². The molecule has 8 heteroatoms. The Morgan fingerprint density at radius 3 is 2.33 bits per heavy atom. The summed E-state index contributed by atoms with van der Waals surface area (Å²) in [6.45, 7) is 0. The Morgan fingerprint density at radius 1 is 0.900 bits per heavy atom. The molecule has 0 bridgehead atoms. The van der Waals surface area contributed by atoms with Crippen molar-refractivity contribution in [2.75, 3.05) is 11.1 Å². The number of rotatable bonds is 6. The van der Waals surface area contributed by atoms with E-state index < -0.39 is 0 Å². The summed E-state index contributed by atoms with van der Waals surface area (Å²) >= 11 is 13.6. The summed E-state index contributed by atoms with van der Waals surface area (Å²) in [6, 6.07) is 24.2. The van der Waals surface area contributed by atoms with Gasteiger partial charge in [-0.25, -0.2) is 0 Å². The van der Waals surface area contributed by atoms with Crippen LogP contribution in [0.4, 0.5) is 5.69 Å². The number of nitrogens with zero attached hydrogens (tertiary/aromatic N) is 3. The summed E-state index contributed by atoms with van der Waals surface area (Å²) in [5, 5.41) is 13.3. The lowest BCUT2D eigenvalue weighted by Crippen LogP contribution is -2.14. The van der Waals surface area contributed by atoms with Gasteiger partial charge in [-0.2, -0.15) is 0 Å². The molecule has 1 heterocycles. The lowest BCUT2D eigenvalue weighted by molar-refractivity contribution is -0.113. The molecule has 0 radical (unpaired) electrons. The Morgan fingerprint density at radius 2 is 1.60 bits per heavy atom. The van der Waals surface area contributed by atoms with Crippen molar-refractivity contribution < 1.29 is 4.79 Å². The van der Waals surface area contributed by atoms with Crippen LogP contribution >= 0.6 is 35.0 Å². The summed E-state index contributed by atoms with van der Waals surface area (Å²) in [4.78, 5) is 12.4. The molecule has 0 aliphatic rings. The molecular formula is C22H16Cl2N4OS. The normalized spacial score (nSPS) is 10.7. The standard InChI is InChI=1S/C22H16Cl2N4OS/c23-15-10-12-16(13-11-15)25-20(29)14-30-22-27-26-21(18-8-4-5-9-19(18)24)28(22)17-6-2-1-3-7-17/h1-13H,14H2,(H,25,29). The van der Waals surface area contributed by atoms with E-state index in [1.54, 1.807) is 24.3 Å². The lowest BCUT2D eigenvalue weighted by atomic mass is 10.2. The van der Waals surface area contributed by atoms with Crippen molar-refractivity contribution in [2.45, 2.75) is 5.16 Å². The molecule has 0 atom stereocenters. The van der Waals surface area contributed by atoms with Gasteiger partial charge in [0, 0.05) is 22.0 Å². The number of amides is 1. The van der Waals surface area contributed by atoms with Crippen molar-refractivity contribution >= 4 is 46.6 Å². The third-order valence-corrected chi connectivity index (χ3v) is 5.73. The van der Waals surface area contributed by atoms with E-state index in [9.17, 15) is 4.79 Å². The Bertz CT molecular complexity index is 1160. The minimum absolute atomic E-state index is 0.149. The van der Waals surface area contributed by atoms with E-state index in [0.717, 1.165) is 11.3 Å². The highest BCUT2D eigenvalue weighted by atomic mass is 35.5. The molecule has 150 valence electrons. The van der Waals surface area contributed by atoms with Gasteiger partial charge in [-0.15, -0.1) is 10.2 Å². The molecular weight excluding hydrogens is 439 g/mol. The topological polar surface area (TPSA) is 59.8 Å². The number of benzene rings is 3. The number of thioether (sulfide) groups is 1. The van der Waals surface area contributed by atoms with Crippen molar-refractivity contribution in [1.29, 1.82) is 0 Å². The van der Waals surface area contributed by atoms with Gasteiger partial charge >= 0.3 is 0 Å². The number of carbonyl (C=O) groups is 1. The molecule has 1 amide bonds. The van der Waals surface area contributed by atoms with Crippen LogP contribution in [-0.2, 0) is 4.79 Å². The van der Waals surface area contributed by atoms with Gasteiger partial charge in [0.15, 0.2) is 11.0 Å². The zero-order valence-electron chi connectivity index (χ0n) is 15.6. The molecule has 30 heavy (non-hydrogen) atoms. The fourth-order valence-corrected chi connectivity index (χ4v) is 3.95. The van der Waals surface area contributed by atoms with Gasteiger partial charge < -0.3 is 5.32 Å². The lowest BCUT2D eigenvalue weighted by Gasteiger charge is -2.11. The maximum Gasteiger partial charge on any atom is 0.234 e. The van der Waals surface area contributed by atoms with E-state index in [2.05, 4.69) is 15.5 Å². The van der Waals surface area contributed by atoms with Crippen LogP contribution in [0, 0.1) is 0 Å². The molecule has 0 unspecified atom stereocenters. The summed E-state index contributed by atoms with van der Waals surface area (Å²) in [5.41, 5.74) is 2.34. The Labute approximate surface area is 188 Å². The maximum atomic E-state index is 12.4. The second-order valence-electron chi connectivity index (χ2n) is 6.30. The van der Waals surface area contributed by atoms with Crippen LogP contribution in [0.1, 0.15) is 0 Å². The average Bonchev–Trinajstić information content (AvgIpc) is 3.18. The van der Waals surface area contributed by atoms with Crippen molar-refractivity contribution in [2.24, 2.45) is 0 Å². The Hall–Kier alpha value is -2.80. The first-order chi connectivity index (χ1) is 14.6. The average molecular weight is 455 g/mol. The Balaban J connectivity index is 1.59. The number of halogens is 2. The number of aromatic nitrogens is 3. The van der Waals surface area contributed by atoms with Gasteiger partial charge in [0.05, 0.1) is 10.8 Å². The fraction of sp³-hybridized carbons (Fsp3) is 0.0455. The number of hydrogen-bond donors (Lipinski definition) is 1. The Kier molecular flexibility index (Phi) is 6.38. The van der Waals surface area contributed by atoms with E-state index >= 15 is 0 Å². The third kappa shape index (κ3) is 4.67. The van der Waals surface area contributed by atoms with Gasteiger partial charge in [-0.3, -0.25) is 9.36 Å².